The fourth-order valence-corrected chi connectivity index (χ4v) is 3.39. The number of hydrogen-bond acceptors (Lipinski definition) is 4. The number of hydrogen-bond donors (Lipinski definition) is 2. The molecular formula is C21H26N2O3. The summed E-state index contributed by atoms with van der Waals surface area (Å²) in [4.78, 5) is 14.8. The van der Waals surface area contributed by atoms with Crippen LogP contribution in [0.2, 0.25) is 0 Å². The number of nitrogens with zero attached hydrogens (tertiary/aromatic N) is 1. The third kappa shape index (κ3) is 4.62. The van der Waals surface area contributed by atoms with Gasteiger partial charge in [0.2, 0.25) is 5.91 Å². The normalized spacial score (nSPS) is 16.8. The average molecular weight is 354 g/mol. The van der Waals surface area contributed by atoms with Crippen molar-refractivity contribution >= 4 is 11.6 Å². The van der Waals surface area contributed by atoms with Crippen molar-refractivity contribution in [3.63, 3.8) is 0 Å². The number of rotatable bonds is 6. The highest BCUT2D eigenvalue weighted by atomic mass is 16.5. The number of methoxy groups -OCH3 is 1. The van der Waals surface area contributed by atoms with Gasteiger partial charge in [-0.05, 0) is 43.6 Å². The van der Waals surface area contributed by atoms with E-state index in [0.717, 1.165) is 31.5 Å². The molecule has 26 heavy (non-hydrogen) atoms. The molecule has 1 heterocycles. The molecule has 5 nitrogen and oxygen atoms in total. The molecule has 3 rings (SSSR count). The lowest BCUT2D eigenvalue weighted by molar-refractivity contribution is -0.121. The lowest BCUT2D eigenvalue weighted by Gasteiger charge is -2.32. The van der Waals surface area contributed by atoms with Crippen molar-refractivity contribution < 1.29 is 14.6 Å². The number of β-amino-alcohol motifs (C(OH)–C–C–N with tert-alkyl or cyclic N) is 1. The molecule has 1 fully saturated rings. The molecule has 2 aromatic rings. The minimum absolute atomic E-state index is 0.00923. The van der Waals surface area contributed by atoms with Gasteiger partial charge in [-0.3, -0.25) is 4.79 Å². The maximum atomic E-state index is 12.6. The number of carbonyl (C=O) groups excluding carboxylic acids is 1. The van der Waals surface area contributed by atoms with Crippen molar-refractivity contribution in [3.05, 3.63) is 60.2 Å². The van der Waals surface area contributed by atoms with Crippen LogP contribution < -0.4 is 10.1 Å². The smallest absolute Gasteiger partial charge is 0.227 e. The van der Waals surface area contributed by atoms with E-state index in [1.54, 1.807) is 7.11 Å². The van der Waals surface area contributed by atoms with Crippen molar-refractivity contribution in [2.45, 2.75) is 18.9 Å². The molecule has 0 aliphatic carbocycles. The molecular weight excluding hydrogens is 328 g/mol. The third-order valence-corrected chi connectivity index (χ3v) is 4.94. The second-order valence-corrected chi connectivity index (χ2v) is 6.69. The van der Waals surface area contributed by atoms with Crippen molar-refractivity contribution in [2.24, 2.45) is 5.92 Å². The average Bonchev–Trinajstić information content (AvgIpc) is 2.69. The lowest BCUT2D eigenvalue weighted by atomic mass is 9.95. The number of likely N-dealkylation sites (tertiary alicyclic amines) is 1. The van der Waals surface area contributed by atoms with E-state index in [-0.39, 0.29) is 11.8 Å². The zero-order valence-electron chi connectivity index (χ0n) is 15.1. The molecule has 0 spiro atoms. The number of aliphatic hydroxyl groups is 1. The Labute approximate surface area is 154 Å². The summed E-state index contributed by atoms with van der Waals surface area (Å²) in [5, 5.41) is 13.3. The molecule has 1 unspecified atom stereocenters. The first-order valence-electron chi connectivity index (χ1n) is 9.06. The van der Waals surface area contributed by atoms with Gasteiger partial charge in [-0.2, -0.15) is 0 Å². The summed E-state index contributed by atoms with van der Waals surface area (Å²) in [6.07, 6.45) is 1.10. The number of carbonyl (C=O) groups is 1. The molecule has 0 saturated carbocycles. The predicted molar refractivity (Wildman–Crippen MR) is 102 cm³/mol. The lowest BCUT2D eigenvalue weighted by Crippen LogP contribution is -2.40. The van der Waals surface area contributed by atoms with Crippen LogP contribution in [-0.2, 0) is 4.79 Å². The predicted octanol–water partition coefficient (Wildman–Crippen LogP) is 3.08. The molecule has 1 saturated heterocycles. The Morgan fingerprint density at radius 3 is 2.50 bits per heavy atom. The summed E-state index contributed by atoms with van der Waals surface area (Å²) < 4.78 is 5.29. The summed E-state index contributed by atoms with van der Waals surface area (Å²) in [5.41, 5.74) is 1.64. The van der Waals surface area contributed by atoms with Gasteiger partial charge in [0.15, 0.2) is 0 Å². The van der Waals surface area contributed by atoms with Crippen molar-refractivity contribution in [1.82, 2.24) is 4.90 Å². The first-order valence-corrected chi connectivity index (χ1v) is 9.06. The fraction of sp³-hybridized carbons (Fsp3) is 0.381. The number of nitrogens with one attached hydrogen (secondary N) is 1. The Bertz CT molecular complexity index is 712. The SMILES string of the molecule is COc1ccccc1NC(=O)C1CCN(CC(O)c2ccccc2)CC1. The van der Waals surface area contributed by atoms with Crippen LogP contribution in [0.5, 0.6) is 5.75 Å². The minimum Gasteiger partial charge on any atom is -0.495 e. The highest BCUT2D eigenvalue weighted by molar-refractivity contribution is 5.94. The van der Waals surface area contributed by atoms with E-state index in [9.17, 15) is 9.90 Å². The molecule has 5 heteroatoms. The van der Waals surface area contributed by atoms with Crippen LogP contribution in [-0.4, -0.2) is 42.7 Å². The molecule has 1 aliphatic heterocycles. The summed E-state index contributed by atoms with van der Waals surface area (Å²) in [6, 6.07) is 17.2. The van der Waals surface area contributed by atoms with Gasteiger partial charge < -0.3 is 20.1 Å². The van der Waals surface area contributed by atoms with Gasteiger partial charge in [-0.25, -0.2) is 0 Å². The number of amides is 1. The number of aliphatic hydroxyl groups excluding tert-OH is 1. The van der Waals surface area contributed by atoms with Crippen molar-refractivity contribution in [1.29, 1.82) is 0 Å². The zero-order chi connectivity index (χ0) is 18.4. The summed E-state index contributed by atoms with van der Waals surface area (Å²) in [5.74, 6) is 0.701. The molecule has 0 radical (unpaired) electrons. The first-order chi connectivity index (χ1) is 12.7. The van der Waals surface area contributed by atoms with Gasteiger partial charge in [0, 0.05) is 12.5 Å². The van der Waals surface area contributed by atoms with E-state index in [2.05, 4.69) is 10.2 Å². The van der Waals surface area contributed by atoms with Crippen LogP contribution in [0.1, 0.15) is 24.5 Å². The maximum absolute atomic E-state index is 12.6. The molecule has 2 N–H and O–H groups in total. The van der Waals surface area contributed by atoms with E-state index in [4.69, 9.17) is 4.74 Å². The number of ether oxygens (including phenoxy) is 1. The molecule has 1 atom stereocenters. The molecule has 0 aromatic heterocycles. The van der Waals surface area contributed by atoms with E-state index in [1.165, 1.54) is 0 Å². The van der Waals surface area contributed by atoms with Gasteiger partial charge in [0.25, 0.3) is 0 Å². The Morgan fingerprint density at radius 2 is 1.81 bits per heavy atom. The van der Waals surface area contributed by atoms with Gasteiger partial charge in [0.1, 0.15) is 5.75 Å². The Kier molecular flexibility index (Phi) is 6.26. The molecule has 1 amide bonds. The van der Waals surface area contributed by atoms with Crippen LogP contribution in [0.25, 0.3) is 0 Å². The van der Waals surface area contributed by atoms with Gasteiger partial charge in [-0.15, -0.1) is 0 Å². The van der Waals surface area contributed by atoms with Crippen LogP contribution in [0.3, 0.4) is 0 Å². The Hall–Kier alpha value is -2.37. The Morgan fingerprint density at radius 1 is 1.15 bits per heavy atom. The van der Waals surface area contributed by atoms with Crippen molar-refractivity contribution in [3.8, 4) is 5.75 Å². The van der Waals surface area contributed by atoms with Crippen LogP contribution >= 0.6 is 0 Å². The number of anilines is 1. The summed E-state index contributed by atoms with van der Waals surface area (Å²) >= 11 is 0. The second-order valence-electron chi connectivity index (χ2n) is 6.69. The monoisotopic (exact) mass is 354 g/mol. The second kappa shape index (κ2) is 8.83. The molecule has 0 bridgehead atoms. The molecule has 1 aliphatic rings. The topological polar surface area (TPSA) is 61.8 Å². The summed E-state index contributed by atoms with van der Waals surface area (Å²) in [6.45, 7) is 2.23. The number of benzene rings is 2. The quantitative estimate of drug-likeness (QED) is 0.837. The van der Waals surface area contributed by atoms with E-state index in [1.807, 2.05) is 54.6 Å². The van der Waals surface area contributed by atoms with Gasteiger partial charge in [-0.1, -0.05) is 42.5 Å². The fourth-order valence-electron chi connectivity index (χ4n) is 3.39. The van der Waals surface area contributed by atoms with E-state index >= 15 is 0 Å². The van der Waals surface area contributed by atoms with Gasteiger partial charge >= 0.3 is 0 Å². The largest absolute Gasteiger partial charge is 0.495 e. The maximum Gasteiger partial charge on any atom is 0.227 e. The van der Waals surface area contributed by atoms with Crippen LogP contribution in [0.15, 0.2) is 54.6 Å². The standard InChI is InChI=1S/C21H26N2O3/c1-26-20-10-6-5-9-18(20)22-21(25)17-11-13-23(14-12-17)15-19(24)16-7-3-2-4-8-16/h2-10,17,19,24H,11-15H2,1H3,(H,22,25). The highest BCUT2D eigenvalue weighted by Crippen LogP contribution is 2.26. The number of para-hydroxylation sites is 2. The van der Waals surface area contributed by atoms with Crippen LogP contribution in [0, 0.1) is 5.92 Å². The summed E-state index contributed by atoms with van der Waals surface area (Å²) in [7, 11) is 1.60. The molecule has 2 aromatic carbocycles. The highest BCUT2D eigenvalue weighted by Gasteiger charge is 2.26. The van der Waals surface area contributed by atoms with E-state index in [0.29, 0.717) is 18.0 Å². The molecule has 138 valence electrons. The van der Waals surface area contributed by atoms with Crippen LogP contribution in [0.4, 0.5) is 5.69 Å². The van der Waals surface area contributed by atoms with Gasteiger partial charge in [0.05, 0.1) is 18.9 Å². The third-order valence-electron chi connectivity index (χ3n) is 4.94. The first kappa shape index (κ1) is 18.4. The van der Waals surface area contributed by atoms with E-state index < -0.39 is 6.10 Å². The minimum atomic E-state index is -0.491. The number of piperidine rings is 1. The Balaban J connectivity index is 1.49. The van der Waals surface area contributed by atoms with Crippen molar-refractivity contribution in [2.75, 3.05) is 32.1 Å². The zero-order valence-corrected chi connectivity index (χ0v) is 15.1.